The summed E-state index contributed by atoms with van der Waals surface area (Å²) in [4.78, 5) is 30.8. The van der Waals surface area contributed by atoms with Crippen LogP contribution >= 0.6 is 0 Å². The minimum atomic E-state index is -0.217. The number of ether oxygens (including phenoxy) is 2. The Kier molecular flexibility index (Phi) is 8.21. The maximum Gasteiger partial charge on any atom is 0.258 e. The lowest BCUT2D eigenvalue weighted by atomic mass is 10.0. The topological polar surface area (TPSA) is 83.7 Å². The average Bonchev–Trinajstić information content (AvgIpc) is 3.24. The van der Waals surface area contributed by atoms with E-state index in [1.807, 2.05) is 49.2 Å². The molecule has 0 saturated heterocycles. The number of amides is 2. The van der Waals surface area contributed by atoms with Crippen molar-refractivity contribution in [3.05, 3.63) is 54.2 Å². The molecule has 0 aliphatic carbocycles. The van der Waals surface area contributed by atoms with Crippen molar-refractivity contribution < 1.29 is 19.1 Å². The second-order valence-corrected chi connectivity index (χ2v) is 9.28. The number of benzene rings is 2. The number of nitrogens with zero attached hydrogens (tertiary/aromatic N) is 1. The number of hydrogen-bond acceptors (Lipinski definition) is 4. The SMILES string of the molecule is COc1cc(C(=O)N(c2ccc3[nH]ccc3c2)C(C)CC(C)C)ccc1OCC(=O)NC(C)C. The Morgan fingerprint density at radius 2 is 1.76 bits per heavy atom. The summed E-state index contributed by atoms with van der Waals surface area (Å²) in [6.45, 7) is 10.0. The summed E-state index contributed by atoms with van der Waals surface area (Å²) in [7, 11) is 1.52. The molecule has 0 fully saturated rings. The Hall–Kier alpha value is -3.48. The zero-order chi connectivity index (χ0) is 24.8. The van der Waals surface area contributed by atoms with Crippen LogP contribution in [-0.2, 0) is 4.79 Å². The molecule has 0 saturated carbocycles. The number of carbonyl (C=O) groups is 2. The third kappa shape index (κ3) is 6.10. The number of methoxy groups -OCH3 is 1. The van der Waals surface area contributed by atoms with Gasteiger partial charge >= 0.3 is 0 Å². The first kappa shape index (κ1) is 25.1. The molecule has 0 bridgehead atoms. The van der Waals surface area contributed by atoms with Crippen LogP contribution in [0, 0.1) is 5.92 Å². The fourth-order valence-corrected chi connectivity index (χ4v) is 4.12. The van der Waals surface area contributed by atoms with E-state index in [4.69, 9.17) is 9.47 Å². The van der Waals surface area contributed by atoms with E-state index >= 15 is 0 Å². The van der Waals surface area contributed by atoms with Crippen LogP contribution in [0.25, 0.3) is 10.9 Å². The standard InChI is InChI=1S/C27H35N3O4/c1-17(2)13-19(5)30(22-8-9-23-20(14-22)11-12-28-23)27(32)21-7-10-24(25(15-21)33-6)34-16-26(31)29-18(3)4/h7-12,14-15,17-19,28H,13,16H2,1-6H3,(H,29,31). The second-order valence-electron chi connectivity index (χ2n) is 9.28. The zero-order valence-electron chi connectivity index (χ0n) is 20.8. The van der Waals surface area contributed by atoms with Gasteiger partial charge in [0.05, 0.1) is 7.11 Å². The van der Waals surface area contributed by atoms with Gasteiger partial charge in [0, 0.05) is 40.4 Å². The van der Waals surface area contributed by atoms with Crippen molar-refractivity contribution in [1.29, 1.82) is 0 Å². The number of anilines is 1. The fraction of sp³-hybridized carbons (Fsp3) is 0.407. The van der Waals surface area contributed by atoms with Crippen LogP contribution in [0.2, 0.25) is 0 Å². The highest BCUT2D eigenvalue weighted by molar-refractivity contribution is 6.07. The van der Waals surface area contributed by atoms with Crippen molar-refractivity contribution in [1.82, 2.24) is 10.3 Å². The number of fused-ring (bicyclic) bond motifs is 1. The summed E-state index contributed by atoms with van der Waals surface area (Å²) in [5.41, 5.74) is 2.35. The highest BCUT2D eigenvalue weighted by Crippen LogP contribution is 2.31. The first-order valence-electron chi connectivity index (χ1n) is 11.7. The summed E-state index contributed by atoms with van der Waals surface area (Å²) in [6.07, 6.45) is 2.75. The van der Waals surface area contributed by atoms with Crippen LogP contribution in [0.5, 0.6) is 11.5 Å². The number of carbonyl (C=O) groups excluding carboxylic acids is 2. The quantitative estimate of drug-likeness (QED) is 0.433. The van der Waals surface area contributed by atoms with Crippen molar-refractivity contribution in [2.75, 3.05) is 18.6 Å². The molecule has 7 heteroatoms. The van der Waals surface area contributed by atoms with Crippen LogP contribution in [0.1, 0.15) is 51.4 Å². The Morgan fingerprint density at radius 3 is 2.44 bits per heavy atom. The van der Waals surface area contributed by atoms with Crippen LogP contribution < -0.4 is 19.7 Å². The van der Waals surface area contributed by atoms with Gasteiger partial charge < -0.3 is 24.7 Å². The van der Waals surface area contributed by atoms with Crippen LogP contribution in [0.4, 0.5) is 5.69 Å². The number of aromatic amines is 1. The molecule has 1 heterocycles. The van der Waals surface area contributed by atoms with Gasteiger partial charge in [-0.25, -0.2) is 0 Å². The van der Waals surface area contributed by atoms with Gasteiger partial charge in [0.15, 0.2) is 18.1 Å². The minimum absolute atomic E-state index is 0.00876. The molecule has 3 aromatic rings. The van der Waals surface area contributed by atoms with E-state index in [1.165, 1.54) is 7.11 Å². The van der Waals surface area contributed by atoms with Gasteiger partial charge in [0.2, 0.25) is 0 Å². The molecule has 2 N–H and O–H groups in total. The minimum Gasteiger partial charge on any atom is -0.493 e. The summed E-state index contributed by atoms with van der Waals surface area (Å²) < 4.78 is 11.1. The molecule has 2 aromatic carbocycles. The molecule has 0 radical (unpaired) electrons. The number of nitrogens with one attached hydrogen (secondary N) is 2. The number of H-pyrrole nitrogens is 1. The van der Waals surface area contributed by atoms with Gasteiger partial charge in [-0.15, -0.1) is 0 Å². The second kappa shape index (κ2) is 11.1. The van der Waals surface area contributed by atoms with Gasteiger partial charge in [-0.2, -0.15) is 0 Å². The summed E-state index contributed by atoms with van der Waals surface area (Å²) >= 11 is 0. The van der Waals surface area contributed by atoms with Crippen LogP contribution in [-0.4, -0.2) is 42.6 Å². The van der Waals surface area contributed by atoms with Gasteiger partial charge in [0.1, 0.15) is 0 Å². The average molecular weight is 466 g/mol. The molecule has 0 spiro atoms. The number of hydrogen-bond donors (Lipinski definition) is 2. The van der Waals surface area contributed by atoms with E-state index in [0.29, 0.717) is 23.0 Å². The molecule has 0 aliphatic rings. The van der Waals surface area contributed by atoms with E-state index in [0.717, 1.165) is 23.0 Å². The summed E-state index contributed by atoms with van der Waals surface area (Å²) in [5.74, 6) is 0.911. The van der Waals surface area contributed by atoms with Crippen molar-refractivity contribution >= 4 is 28.4 Å². The van der Waals surface area contributed by atoms with E-state index < -0.39 is 0 Å². The van der Waals surface area contributed by atoms with Crippen molar-refractivity contribution in [2.45, 2.75) is 53.1 Å². The smallest absolute Gasteiger partial charge is 0.258 e. The molecule has 3 rings (SSSR count). The van der Waals surface area contributed by atoms with Gasteiger partial charge in [-0.3, -0.25) is 9.59 Å². The predicted octanol–water partition coefficient (Wildman–Crippen LogP) is 5.16. The van der Waals surface area contributed by atoms with Crippen molar-refractivity contribution in [2.24, 2.45) is 5.92 Å². The van der Waals surface area contributed by atoms with Crippen molar-refractivity contribution in [3.8, 4) is 11.5 Å². The highest BCUT2D eigenvalue weighted by Gasteiger charge is 2.25. The molecule has 1 atom stereocenters. The Balaban J connectivity index is 1.89. The first-order chi connectivity index (χ1) is 16.2. The fourth-order valence-electron chi connectivity index (χ4n) is 4.12. The summed E-state index contributed by atoms with van der Waals surface area (Å²) in [6, 6.07) is 13.1. The van der Waals surface area contributed by atoms with Gasteiger partial charge in [0.25, 0.3) is 11.8 Å². The van der Waals surface area contributed by atoms with E-state index in [2.05, 4.69) is 31.1 Å². The van der Waals surface area contributed by atoms with Crippen LogP contribution in [0.15, 0.2) is 48.7 Å². The third-order valence-corrected chi connectivity index (χ3v) is 5.51. The summed E-state index contributed by atoms with van der Waals surface area (Å²) in [5, 5.41) is 3.83. The maximum absolute atomic E-state index is 13.8. The lowest BCUT2D eigenvalue weighted by Crippen LogP contribution is -2.39. The Bertz CT molecular complexity index is 1140. The molecule has 2 amide bonds. The van der Waals surface area contributed by atoms with E-state index in [-0.39, 0.29) is 30.5 Å². The lowest BCUT2D eigenvalue weighted by Gasteiger charge is -2.31. The van der Waals surface area contributed by atoms with Gasteiger partial charge in [-0.1, -0.05) is 13.8 Å². The third-order valence-electron chi connectivity index (χ3n) is 5.51. The molecule has 1 aromatic heterocycles. The predicted molar refractivity (Wildman–Crippen MR) is 136 cm³/mol. The highest BCUT2D eigenvalue weighted by atomic mass is 16.5. The van der Waals surface area contributed by atoms with E-state index in [1.54, 1.807) is 18.2 Å². The molecule has 0 aliphatic heterocycles. The maximum atomic E-state index is 13.8. The first-order valence-corrected chi connectivity index (χ1v) is 11.7. The Morgan fingerprint density at radius 1 is 1.00 bits per heavy atom. The molecular formula is C27H35N3O4. The molecule has 1 unspecified atom stereocenters. The number of rotatable bonds is 10. The largest absolute Gasteiger partial charge is 0.493 e. The van der Waals surface area contributed by atoms with E-state index in [9.17, 15) is 9.59 Å². The molecule has 182 valence electrons. The molecular weight excluding hydrogens is 430 g/mol. The van der Waals surface area contributed by atoms with Crippen LogP contribution in [0.3, 0.4) is 0 Å². The monoisotopic (exact) mass is 465 g/mol. The van der Waals surface area contributed by atoms with Gasteiger partial charge in [-0.05, 0) is 75.6 Å². The molecule has 34 heavy (non-hydrogen) atoms. The molecule has 7 nitrogen and oxygen atoms in total. The zero-order valence-corrected chi connectivity index (χ0v) is 20.8. The lowest BCUT2D eigenvalue weighted by molar-refractivity contribution is -0.123. The Labute approximate surface area is 201 Å². The van der Waals surface area contributed by atoms with Crippen molar-refractivity contribution in [3.63, 3.8) is 0 Å². The number of aromatic nitrogens is 1. The normalized spacial score (nSPS) is 12.1.